The molecule has 0 N–H and O–H groups in total. The van der Waals surface area contributed by atoms with Crippen LogP contribution in [-0.2, 0) is 4.74 Å². The van der Waals surface area contributed by atoms with Crippen molar-refractivity contribution in [3.8, 4) is 0 Å². The van der Waals surface area contributed by atoms with Crippen molar-refractivity contribution in [3.63, 3.8) is 0 Å². The van der Waals surface area contributed by atoms with E-state index < -0.39 is 0 Å². The van der Waals surface area contributed by atoms with Crippen LogP contribution < -0.4 is 4.90 Å². The number of ether oxygens (including phenoxy) is 1. The molecule has 1 amide bonds. The quantitative estimate of drug-likeness (QED) is 0.765. The Kier molecular flexibility index (Phi) is 2.48. The number of rotatable bonds is 1. The number of amides is 1. The number of thioether (sulfide) groups is 1. The van der Waals surface area contributed by atoms with Crippen molar-refractivity contribution in [2.75, 3.05) is 11.5 Å². The van der Waals surface area contributed by atoms with Crippen LogP contribution in [0.2, 0.25) is 0 Å². The topological polar surface area (TPSA) is 32.8 Å². The molecule has 0 saturated heterocycles. The molecule has 0 aliphatic carbocycles. The fourth-order valence-corrected chi connectivity index (χ4v) is 3.22. The van der Waals surface area contributed by atoms with Crippen molar-refractivity contribution in [2.45, 2.75) is 17.3 Å². The van der Waals surface area contributed by atoms with Gasteiger partial charge < -0.3 is 9.64 Å². The van der Waals surface area contributed by atoms with Crippen LogP contribution in [0.5, 0.6) is 0 Å². The van der Waals surface area contributed by atoms with Crippen LogP contribution in [0.25, 0.3) is 0 Å². The Morgan fingerprint density at radius 3 is 3.06 bits per heavy atom. The molecule has 17 heavy (non-hydrogen) atoms. The normalized spacial score (nSPS) is 20.4. The SMILES string of the molecule is CCOC(=O)N1C=CN2c3ccccc3SC12. The Morgan fingerprint density at radius 1 is 1.41 bits per heavy atom. The molecule has 1 atom stereocenters. The van der Waals surface area contributed by atoms with Crippen LogP contribution in [0.3, 0.4) is 0 Å². The zero-order chi connectivity index (χ0) is 11.8. The van der Waals surface area contributed by atoms with Crippen LogP contribution in [0.1, 0.15) is 6.92 Å². The molecular weight excluding hydrogens is 236 g/mol. The summed E-state index contributed by atoms with van der Waals surface area (Å²) in [6.45, 7) is 2.21. The molecule has 0 saturated carbocycles. The van der Waals surface area contributed by atoms with Gasteiger partial charge in [0.05, 0.1) is 12.3 Å². The molecule has 1 aromatic carbocycles. The van der Waals surface area contributed by atoms with Crippen molar-refractivity contribution in [1.82, 2.24) is 4.90 Å². The monoisotopic (exact) mass is 248 g/mol. The number of benzene rings is 1. The van der Waals surface area contributed by atoms with Gasteiger partial charge in [-0.2, -0.15) is 0 Å². The number of para-hydroxylation sites is 1. The Labute approximate surface area is 104 Å². The van der Waals surface area contributed by atoms with Crippen molar-refractivity contribution in [1.29, 1.82) is 0 Å². The molecule has 0 bridgehead atoms. The summed E-state index contributed by atoms with van der Waals surface area (Å²) in [5, 5.41) is 0. The van der Waals surface area contributed by atoms with E-state index in [0.717, 1.165) is 5.69 Å². The maximum Gasteiger partial charge on any atom is 0.416 e. The molecule has 5 heteroatoms. The Hall–Kier alpha value is -1.62. The van der Waals surface area contributed by atoms with Gasteiger partial charge in [0.25, 0.3) is 0 Å². The molecule has 2 aliphatic rings. The molecule has 3 rings (SSSR count). The smallest absolute Gasteiger partial charge is 0.416 e. The van der Waals surface area contributed by atoms with Gasteiger partial charge >= 0.3 is 6.09 Å². The fraction of sp³-hybridized carbons (Fsp3) is 0.250. The molecule has 1 unspecified atom stereocenters. The first-order chi connectivity index (χ1) is 8.31. The lowest BCUT2D eigenvalue weighted by Crippen LogP contribution is -2.37. The molecule has 2 aliphatic heterocycles. The van der Waals surface area contributed by atoms with Crippen molar-refractivity contribution in [2.24, 2.45) is 0 Å². The van der Waals surface area contributed by atoms with Gasteiger partial charge in [-0.25, -0.2) is 4.79 Å². The van der Waals surface area contributed by atoms with E-state index in [2.05, 4.69) is 17.0 Å². The second-order valence-corrected chi connectivity index (χ2v) is 4.82. The number of anilines is 1. The summed E-state index contributed by atoms with van der Waals surface area (Å²) in [7, 11) is 0. The third-order valence-electron chi connectivity index (χ3n) is 2.72. The number of carbonyl (C=O) groups is 1. The van der Waals surface area contributed by atoms with Crippen molar-refractivity contribution in [3.05, 3.63) is 36.7 Å². The fourth-order valence-electron chi connectivity index (χ4n) is 1.97. The van der Waals surface area contributed by atoms with Gasteiger partial charge in [0.1, 0.15) is 0 Å². The van der Waals surface area contributed by atoms with Gasteiger partial charge in [-0.05, 0) is 19.1 Å². The van der Waals surface area contributed by atoms with E-state index in [-0.39, 0.29) is 11.6 Å². The van der Waals surface area contributed by atoms with Gasteiger partial charge in [0.2, 0.25) is 0 Å². The van der Waals surface area contributed by atoms with Gasteiger partial charge in [-0.1, -0.05) is 23.9 Å². The van der Waals surface area contributed by atoms with E-state index in [0.29, 0.717) is 6.61 Å². The summed E-state index contributed by atoms with van der Waals surface area (Å²) in [6.07, 6.45) is 3.39. The minimum atomic E-state index is -0.295. The van der Waals surface area contributed by atoms with Crippen LogP contribution in [-0.4, -0.2) is 23.1 Å². The summed E-state index contributed by atoms with van der Waals surface area (Å²) >= 11 is 1.66. The van der Waals surface area contributed by atoms with Crippen molar-refractivity contribution >= 4 is 23.5 Å². The lowest BCUT2D eigenvalue weighted by atomic mass is 10.3. The van der Waals surface area contributed by atoms with Gasteiger partial charge in [-0.3, -0.25) is 4.90 Å². The van der Waals surface area contributed by atoms with Crippen LogP contribution in [0, 0.1) is 0 Å². The second-order valence-electron chi connectivity index (χ2n) is 3.72. The van der Waals surface area contributed by atoms with Crippen LogP contribution >= 0.6 is 11.8 Å². The lowest BCUT2D eigenvalue weighted by Gasteiger charge is -2.23. The Balaban J connectivity index is 1.86. The molecule has 0 aromatic heterocycles. The number of carbonyl (C=O) groups excluding carboxylic acids is 1. The highest BCUT2D eigenvalue weighted by Crippen LogP contribution is 2.46. The first-order valence-electron chi connectivity index (χ1n) is 5.48. The number of hydrogen-bond acceptors (Lipinski definition) is 4. The first kappa shape index (κ1) is 10.5. The summed E-state index contributed by atoms with van der Waals surface area (Å²) in [4.78, 5) is 16.6. The van der Waals surface area contributed by atoms with E-state index in [1.54, 1.807) is 22.9 Å². The lowest BCUT2D eigenvalue weighted by molar-refractivity contribution is 0.122. The summed E-state index contributed by atoms with van der Waals surface area (Å²) in [6, 6.07) is 8.13. The molecule has 0 radical (unpaired) electrons. The summed E-state index contributed by atoms with van der Waals surface area (Å²) in [5.41, 5.74) is 1.11. The van der Waals surface area contributed by atoms with Crippen molar-refractivity contribution < 1.29 is 9.53 Å². The van der Waals surface area contributed by atoms with Gasteiger partial charge in [-0.15, -0.1) is 0 Å². The predicted molar refractivity (Wildman–Crippen MR) is 66.6 cm³/mol. The largest absolute Gasteiger partial charge is 0.449 e. The van der Waals surface area contributed by atoms with E-state index in [1.807, 2.05) is 25.3 Å². The molecule has 0 fully saturated rings. The standard InChI is InChI=1S/C12H12N2O2S/c1-2-16-12(15)14-8-7-13-9-5-3-4-6-10(9)17-11(13)14/h3-8,11H,2H2,1H3. The van der Waals surface area contributed by atoms with E-state index in [4.69, 9.17) is 4.74 Å². The maximum absolute atomic E-state index is 11.8. The number of hydrogen-bond donors (Lipinski definition) is 0. The predicted octanol–water partition coefficient (Wildman–Crippen LogP) is 2.83. The highest BCUT2D eigenvalue weighted by molar-refractivity contribution is 8.00. The van der Waals surface area contributed by atoms with E-state index >= 15 is 0 Å². The van der Waals surface area contributed by atoms with Crippen LogP contribution in [0.15, 0.2) is 41.6 Å². The minimum Gasteiger partial charge on any atom is -0.449 e. The zero-order valence-corrected chi connectivity index (χ0v) is 10.2. The summed E-state index contributed by atoms with van der Waals surface area (Å²) in [5.74, 6) is 0. The highest BCUT2D eigenvalue weighted by atomic mass is 32.2. The van der Waals surface area contributed by atoms with Gasteiger partial charge in [0, 0.05) is 17.3 Å². The maximum atomic E-state index is 11.8. The minimum absolute atomic E-state index is 0.0357. The second kappa shape index (κ2) is 4.00. The highest BCUT2D eigenvalue weighted by Gasteiger charge is 2.39. The molecule has 1 aromatic rings. The number of fused-ring (bicyclic) bond motifs is 3. The molecule has 0 spiro atoms. The van der Waals surface area contributed by atoms with Gasteiger partial charge in [0.15, 0.2) is 5.50 Å². The average molecular weight is 248 g/mol. The van der Waals surface area contributed by atoms with Crippen LogP contribution in [0.4, 0.5) is 10.5 Å². The molecule has 4 nitrogen and oxygen atoms in total. The third kappa shape index (κ3) is 1.58. The average Bonchev–Trinajstić information content (AvgIpc) is 2.87. The summed E-state index contributed by atoms with van der Waals surface area (Å²) < 4.78 is 5.03. The Morgan fingerprint density at radius 2 is 2.24 bits per heavy atom. The molecule has 2 heterocycles. The van der Waals surface area contributed by atoms with E-state index in [9.17, 15) is 4.79 Å². The third-order valence-corrected chi connectivity index (χ3v) is 3.98. The Bertz CT molecular complexity index is 489. The molecular formula is C12H12N2O2S. The zero-order valence-electron chi connectivity index (χ0n) is 9.37. The molecule has 88 valence electrons. The number of nitrogens with zero attached hydrogens (tertiary/aromatic N) is 2. The first-order valence-corrected chi connectivity index (χ1v) is 6.36. The van der Waals surface area contributed by atoms with E-state index in [1.165, 1.54) is 4.90 Å².